The van der Waals surface area contributed by atoms with Crippen LogP contribution in [0.3, 0.4) is 0 Å². The van der Waals surface area contributed by atoms with E-state index in [-0.39, 0.29) is 5.97 Å². The topological polar surface area (TPSA) is 35.5 Å². The molecule has 0 bridgehead atoms. The molecule has 1 atom stereocenters. The summed E-state index contributed by atoms with van der Waals surface area (Å²) in [5.74, 6) is 0.353. The Kier molecular flexibility index (Phi) is 2.95. The molecule has 2 aromatic carbocycles. The van der Waals surface area contributed by atoms with E-state index in [9.17, 15) is 4.79 Å². The number of fused-ring (bicyclic) bond motifs is 1. The molecular weight excluding hydrogens is 343 g/mol. The highest BCUT2D eigenvalue weighted by molar-refractivity contribution is 14.1. The second-order valence-corrected chi connectivity index (χ2v) is 5.14. The predicted molar refractivity (Wildman–Crippen MR) is 74.4 cm³/mol. The molecule has 1 aliphatic rings. The van der Waals surface area contributed by atoms with Gasteiger partial charge >= 0.3 is 5.97 Å². The summed E-state index contributed by atoms with van der Waals surface area (Å²) in [6.07, 6.45) is -0.645. The number of benzene rings is 2. The number of carbonyl (C=O) groups is 1. The van der Waals surface area contributed by atoms with Gasteiger partial charge in [-0.15, -0.1) is 0 Å². The Balaban J connectivity index is 1.87. The van der Waals surface area contributed by atoms with E-state index in [1.165, 1.54) is 0 Å². The number of hydrogen-bond donors (Lipinski definition) is 0. The third kappa shape index (κ3) is 2.08. The smallest absolute Gasteiger partial charge is 0.342 e. The van der Waals surface area contributed by atoms with Crippen LogP contribution in [0.4, 0.5) is 0 Å². The van der Waals surface area contributed by atoms with Crippen LogP contribution in [0, 0.1) is 3.57 Å². The molecule has 0 saturated carbocycles. The summed E-state index contributed by atoms with van der Waals surface area (Å²) < 4.78 is 12.0. The Labute approximate surface area is 118 Å². The lowest BCUT2D eigenvalue weighted by Crippen LogP contribution is -2.06. The Bertz CT molecular complexity index is 592. The van der Waals surface area contributed by atoms with Crippen molar-refractivity contribution in [3.8, 4) is 5.75 Å². The molecule has 3 rings (SSSR count). The Morgan fingerprint density at radius 2 is 1.78 bits per heavy atom. The molecule has 0 saturated heterocycles. The van der Waals surface area contributed by atoms with Crippen molar-refractivity contribution in [2.24, 2.45) is 0 Å². The molecule has 90 valence electrons. The Morgan fingerprint density at radius 3 is 2.56 bits per heavy atom. The maximum absolute atomic E-state index is 11.6. The van der Waals surface area contributed by atoms with Gasteiger partial charge in [-0.1, -0.05) is 18.2 Å². The maximum Gasteiger partial charge on any atom is 0.342 e. The van der Waals surface area contributed by atoms with Crippen LogP contribution in [0.15, 0.2) is 48.5 Å². The number of ether oxygens (including phenoxy) is 2. The van der Waals surface area contributed by atoms with Crippen molar-refractivity contribution in [2.75, 3.05) is 0 Å². The number of carbonyl (C=O) groups excluding carboxylic acids is 1. The maximum atomic E-state index is 11.6. The minimum Gasteiger partial charge on any atom is -0.450 e. The van der Waals surface area contributed by atoms with Crippen LogP contribution in [0.5, 0.6) is 5.75 Å². The quantitative estimate of drug-likeness (QED) is 0.613. The van der Waals surface area contributed by atoms with Crippen LogP contribution in [0.25, 0.3) is 0 Å². The van der Waals surface area contributed by atoms with Crippen molar-refractivity contribution in [3.63, 3.8) is 0 Å². The van der Waals surface area contributed by atoms with E-state index in [0.717, 1.165) is 9.13 Å². The SMILES string of the molecule is O=C1OC(Oc2ccc(I)cc2)c2ccccc21. The van der Waals surface area contributed by atoms with Crippen LogP contribution in [0.2, 0.25) is 0 Å². The van der Waals surface area contributed by atoms with Crippen molar-refractivity contribution in [3.05, 3.63) is 63.2 Å². The molecule has 1 aliphatic heterocycles. The van der Waals surface area contributed by atoms with E-state index < -0.39 is 6.29 Å². The van der Waals surface area contributed by atoms with Crippen molar-refractivity contribution < 1.29 is 14.3 Å². The molecule has 2 aromatic rings. The van der Waals surface area contributed by atoms with Crippen LogP contribution < -0.4 is 4.74 Å². The average molecular weight is 352 g/mol. The van der Waals surface area contributed by atoms with E-state index >= 15 is 0 Å². The molecule has 0 amide bonds. The van der Waals surface area contributed by atoms with Gasteiger partial charge in [-0.05, 0) is 52.9 Å². The van der Waals surface area contributed by atoms with Crippen molar-refractivity contribution in [1.29, 1.82) is 0 Å². The number of halogens is 1. The minimum absolute atomic E-state index is 0.332. The van der Waals surface area contributed by atoms with Crippen LogP contribution in [0.1, 0.15) is 22.2 Å². The molecule has 0 N–H and O–H groups in total. The lowest BCUT2D eigenvalue weighted by Gasteiger charge is -2.13. The fourth-order valence-corrected chi connectivity index (χ4v) is 2.20. The first-order valence-electron chi connectivity index (χ1n) is 5.46. The lowest BCUT2D eigenvalue weighted by atomic mass is 10.1. The van der Waals surface area contributed by atoms with E-state index in [1.807, 2.05) is 42.5 Å². The second kappa shape index (κ2) is 4.61. The monoisotopic (exact) mass is 352 g/mol. The van der Waals surface area contributed by atoms with Gasteiger partial charge in [-0.25, -0.2) is 4.79 Å². The van der Waals surface area contributed by atoms with Gasteiger partial charge in [0, 0.05) is 9.13 Å². The summed E-state index contributed by atoms with van der Waals surface area (Å²) in [4.78, 5) is 11.6. The number of rotatable bonds is 2. The summed E-state index contributed by atoms with van der Waals surface area (Å²) in [5, 5.41) is 0. The molecule has 0 spiro atoms. The average Bonchev–Trinajstić information content (AvgIpc) is 2.70. The third-order valence-electron chi connectivity index (χ3n) is 2.71. The van der Waals surface area contributed by atoms with Crippen molar-refractivity contribution in [1.82, 2.24) is 0 Å². The van der Waals surface area contributed by atoms with Crippen molar-refractivity contribution >= 4 is 28.6 Å². The molecule has 1 unspecified atom stereocenters. The second-order valence-electron chi connectivity index (χ2n) is 3.90. The zero-order valence-electron chi connectivity index (χ0n) is 9.30. The molecule has 1 heterocycles. The number of cyclic esters (lactones) is 1. The molecule has 0 aromatic heterocycles. The highest BCUT2D eigenvalue weighted by atomic mass is 127. The molecule has 18 heavy (non-hydrogen) atoms. The molecule has 0 radical (unpaired) electrons. The van der Waals surface area contributed by atoms with Gasteiger partial charge in [-0.3, -0.25) is 0 Å². The summed E-state index contributed by atoms with van der Waals surface area (Å²) in [6.45, 7) is 0. The minimum atomic E-state index is -0.645. The first kappa shape index (κ1) is 11.5. The highest BCUT2D eigenvalue weighted by Crippen LogP contribution is 2.32. The fraction of sp³-hybridized carbons (Fsp3) is 0.0714. The molecule has 0 aliphatic carbocycles. The molecular formula is C14H9IO3. The van der Waals surface area contributed by atoms with Crippen LogP contribution in [-0.4, -0.2) is 5.97 Å². The summed E-state index contributed by atoms with van der Waals surface area (Å²) >= 11 is 2.22. The van der Waals surface area contributed by atoms with Gasteiger partial charge < -0.3 is 9.47 Å². The van der Waals surface area contributed by atoms with Gasteiger partial charge in [0.25, 0.3) is 6.29 Å². The fourth-order valence-electron chi connectivity index (χ4n) is 1.84. The lowest BCUT2D eigenvalue weighted by molar-refractivity contribution is -0.0382. The van der Waals surface area contributed by atoms with Gasteiger partial charge in [0.15, 0.2) is 0 Å². The Hall–Kier alpha value is -1.56. The highest BCUT2D eigenvalue weighted by Gasteiger charge is 2.31. The van der Waals surface area contributed by atoms with E-state index in [1.54, 1.807) is 6.07 Å². The van der Waals surface area contributed by atoms with E-state index in [4.69, 9.17) is 9.47 Å². The first-order chi connectivity index (χ1) is 8.74. The zero-order chi connectivity index (χ0) is 12.5. The van der Waals surface area contributed by atoms with Crippen molar-refractivity contribution in [2.45, 2.75) is 6.29 Å². The standard InChI is InChI=1S/C14H9IO3/c15-9-5-7-10(8-6-9)17-14-12-4-2-1-3-11(12)13(16)18-14/h1-8,14H. The molecule has 3 nitrogen and oxygen atoms in total. The summed E-state index contributed by atoms with van der Waals surface area (Å²) in [7, 11) is 0. The van der Waals surface area contributed by atoms with Gasteiger partial charge in [0.05, 0.1) is 5.56 Å². The third-order valence-corrected chi connectivity index (χ3v) is 3.42. The van der Waals surface area contributed by atoms with Crippen LogP contribution in [-0.2, 0) is 4.74 Å². The summed E-state index contributed by atoms with van der Waals surface area (Å²) in [5.41, 5.74) is 1.36. The largest absolute Gasteiger partial charge is 0.450 e. The Morgan fingerprint density at radius 1 is 1.06 bits per heavy atom. The molecule has 4 heteroatoms. The summed E-state index contributed by atoms with van der Waals surface area (Å²) in [6, 6.07) is 14.9. The first-order valence-corrected chi connectivity index (χ1v) is 6.54. The number of hydrogen-bond acceptors (Lipinski definition) is 3. The predicted octanol–water partition coefficient (Wildman–Crippen LogP) is 3.54. The normalized spacial score (nSPS) is 17.2. The zero-order valence-corrected chi connectivity index (χ0v) is 11.5. The van der Waals surface area contributed by atoms with E-state index in [0.29, 0.717) is 11.3 Å². The molecule has 0 fully saturated rings. The van der Waals surface area contributed by atoms with E-state index in [2.05, 4.69) is 22.6 Å². The number of esters is 1. The van der Waals surface area contributed by atoms with Gasteiger partial charge in [0.2, 0.25) is 0 Å². The van der Waals surface area contributed by atoms with Gasteiger partial charge in [0.1, 0.15) is 5.75 Å². The van der Waals surface area contributed by atoms with Crippen LogP contribution >= 0.6 is 22.6 Å². The van der Waals surface area contributed by atoms with Gasteiger partial charge in [-0.2, -0.15) is 0 Å².